The molecule has 5 nitrogen and oxygen atoms in total. The molecule has 2 fully saturated rings. The molecule has 23 heavy (non-hydrogen) atoms. The Kier molecular flexibility index (Phi) is 6.00. The molecular weight excluding hydrogens is 290 g/mol. The Balaban J connectivity index is 1.36. The van der Waals surface area contributed by atoms with Gasteiger partial charge >= 0.3 is 0 Å². The van der Waals surface area contributed by atoms with Crippen molar-refractivity contribution in [3.63, 3.8) is 0 Å². The van der Waals surface area contributed by atoms with E-state index < -0.39 is 0 Å². The van der Waals surface area contributed by atoms with Gasteiger partial charge in [0.25, 0.3) is 0 Å². The zero-order valence-electron chi connectivity index (χ0n) is 13.7. The fraction of sp³-hybridized carbons (Fsp3) is 0.667. The first-order chi connectivity index (χ1) is 11.3. The third-order valence-electron chi connectivity index (χ3n) is 4.88. The summed E-state index contributed by atoms with van der Waals surface area (Å²) in [4.78, 5) is 19.0. The molecule has 3 rings (SSSR count). The molecule has 0 saturated carbocycles. The van der Waals surface area contributed by atoms with E-state index in [1.807, 2.05) is 18.3 Å². The maximum Gasteiger partial charge on any atom is 0.220 e. The van der Waals surface area contributed by atoms with Crippen molar-refractivity contribution in [3.8, 4) is 0 Å². The lowest BCUT2D eigenvalue weighted by Gasteiger charge is -2.32. The standard InChI is InChI=1S/C18H27N3O2/c22-18(20-16-6-11-23-12-7-16)13-15-4-9-21(10-5-15)14-17-3-1-2-8-19-17/h1-3,8,15-16H,4-7,9-14H2,(H,20,22). The number of rotatable bonds is 5. The number of carbonyl (C=O) groups excluding carboxylic acids is 1. The second-order valence-corrected chi connectivity index (χ2v) is 6.70. The molecule has 1 amide bonds. The molecule has 0 unspecified atom stereocenters. The minimum Gasteiger partial charge on any atom is -0.381 e. The second kappa shape index (κ2) is 8.41. The first-order valence-corrected chi connectivity index (χ1v) is 8.79. The van der Waals surface area contributed by atoms with Crippen LogP contribution in [0.2, 0.25) is 0 Å². The van der Waals surface area contributed by atoms with Crippen LogP contribution in [0.3, 0.4) is 0 Å². The molecule has 5 heteroatoms. The summed E-state index contributed by atoms with van der Waals surface area (Å²) in [5.41, 5.74) is 1.13. The zero-order valence-corrected chi connectivity index (χ0v) is 13.7. The number of carbonyl (C=O) groups is 1. The highest BCUT2D eigenvalue weighted by Crippen LogP contribution is 2.21. The molecule has 2 aliphatic rings. The van der Waals surface area contributed by atoms with Crippen LogP contribution in [0, 0.1) is 5.92 Å². The van der Waals surface area contributed by atoms with Gasteiger partial charge in [-0.15, -0.1) is 0 Å². The van der Waals surface area contributed by atoms with Gasteiger partial charge in [-0.25, -0.2) is 0 Å². The third kappa shape index (κ3) is 5.29. The van der Waals surface area contributed by atoms with Gasteiger partial charge in [0.05, 0.1) is 5.69 Å². The van der Waals surface area contributed by atoms with Crippen LogP contribution in [-0.2, 0) is 16.1 Å². The quantitative estimate of drug-likeness (QED) is 0.902. The van der Waals surface area contributed by atoms with E-state index in [0.29, 0.717) is 18.4 Å². The Labute approximate surface area is 138 Å². The number of ether oxygens (including phenoxy) is 1. The van der Waals surface area contributed by atoms with Crippen LogP contribution in [0.15, 0.2) is 24.4 Å². The molecule has 3 heterocycles. The van der Waals surface area contributed by atoms with Crippen LogP contribution in [0.4, 0.5) is 0 Å². The Morgan fingerprint density at radius 2 is 2.00 bits per heavy atom. The molecule has 1 aromatic rings. The molecule has 0 atom stereocenters. The van der Waals surface area contributed by atoms with E-state index in [-0.39, 0.29) is 5.91 Å². The van der Waals surface area contributed by atoms with Crippen molar-refractivity contribution in [2.75, 3.05) is 26.3 Å². The summed E-state index contributed by atoms with van der Waals surface area (Å²) in [5.74, 6) is 0.745. The number of amides is 1. The molecule has 0 spiro atoms. The van der Waals surface area contributed by atoms with E-state index in [4.69, 9.17) is 4.74 Å². The van der Waals surface area contributed by atoms with Crippen LogP contribution >= 0.6 is 0 Å². The summed E-state index contributed by atoms with van der Waals surface area (Å²) in [6.07, 6.45) is 6.64. The molecule has 2 aliphatic heterocycles. The highest BCUT2D eigenvalue weighted by atomic mass is 16.5. The van der Waals surface area contributed by atoms with Gasteiger partial charge in [0.15, 0.2) is 0 Å². The van der Waals surface area contributed by atoms with Crippen LogP contribution < -0.4 is 5.32 Å². The van der Waals surface area contributed by atoms with Crippen molar-refractivity contribution < 1.29 is 9.53 Å². The first kappa shape index (κ1) is 16.4. The summed E-state index contributed by atoms with van der Waals surface area (Å²) in [6.45, 7) is 4.59. The monoisotopic (exact) mass is 317 g/mol. The summed E-state index contributed by atoms with van der Waals surface area (Å²) in [5, 5.41) is 3.17. The first-order valence-electron chi connectivity index (χ1n) is 8.79. The SMILES string of the molecule is O=C(CC1CCN(Cc2ccccn2)CC1)NC1CCOCC1. The molecule has 0 aliphatic carbocycles. The lowest BCUT2D eigenvalue weighted by Crippen LogP contribution is -2.41. The lowest BCUT2D eigenvalue weighted by atomic mass is 9.93. The molecular formula is C18H27N3O2. The average Bonchev–Trinajstić information content (AvgIpc) is 2.58. The van der Waals surface area contributed by atoms with E-state index in [1.54, 1.807) is 0 Å². The molecule has 1 aromatic heterocycles. The third-order valence-corrected chi connectivity index (χ3v) is 4.88. The number of nitrogens with one attached hydrogen (secondary N) is 1. The average molecular weight is 317 g/mol. The highest BCUT2D eigenvalue weighted by molar-refractivity contribution is 5.76. The van der Waals surface area contributed by atoms with Crippen LogP contribution in [0.1, 0.15) is 37.8 Å². The van der Waals surface area contributed by atoms with Gasteiger partial charge in [0, 0.05) is 38.4 Å². The van der Waals surface area contributed by atoms with Crippen LogP contribution in [0.25, 0.3) is 0 Å². The summed E-state index contributed by atoms with van der Waals surface area (Å²) >= 11 is 0. The minimum absolute atomic E-state index is 0.222. The van der Waals surface area contributed by atoms with E-state index in [9.17, 15) is 4.79 Å². The van der Waals surface area contributed by atoms with Gasteiger partial charge in [-0.1, -0.05) is 6.07 Å². The van der Waals surface area contributed by atoms with Crippen molar-refractivity contribution in [1.29, 1.82) is 0 Å². The minimum atomic E-state index is 0.222. The topological polar surface area (TPSA) is 54.5 Å². The molecule has 126 valence electrons. The number of nitrogens with zero attached hydrogens (tertiary/aromatic N) is 2. The van der Waals surface area contributed by atoms with Gasteiger partial charge in [-0.05, 0) is 56.8 Å². The summed E-state index contributed by atoms with van der Waals surface area (Å²) in [6, 6.07) is 6.39. The Bertz CT molecular complexity index is 480. The Morgan fingerprint density at radius 1 is 1.22 bits per heavy atom. The largest absolute Gasteiger partial charge is 0.381 e. The van der Waals surface area contributed by atoms with E-state index in [1.165, 1.54) is 0 Å². The smallest absolute Gasteiger partial charge is 0.220 e. The maximum absolute atomic E-state index is 12.2. The van der Waals surface area contributed by atoms with Gasteiger partial charge in [-0.3, -0.25) is 14.7 Å². The summed E-state index contributed by atoms with van der Waals surface area (Å²) in [7, 11) is 0. The highest BCUT2D eigenvalue weighted by Gasteiger charge is 2.23. The number of pyridine rings is 1. The molecule has 2 saturated heterocycles. The summed E-state index contributed by atoms with van der Waals surface area (Å²) < 4.78 is 5.33. The predicted octanol–water partition coefficient (Wildman–Crippen LogP) is 1.98. The molecule has 0 radical (unpaired) electrons. The number of piperidine rings is 1. The van der Waals surface area contributed by atoms with Crippen molar-refractivity contribution >= 4 is 5.91 Å². The van der Waals surface area contributed by atoms with Crippen LogP contribution in [0.5, 0.6) is 0 Å². The fourth-order valence-electron chi connectivity index (χ4n) is 3.46. The maximum atomic E-state index is 12.2. The Morgan fingerprint density at radius 3 is 2.70 bits per heavy atom. The van der Waals surface area contributed by atoms with Crippen LogP contribution in [-0.4, -0.2) is 48.1 Å². The normalized spacial score (nSPS) is 21.2. The van der Waals surface area contributed by atoms with Crippen molar-refractivity contribution in [3.05, 3.63) is 30.1 Å². The van der Waals surface area contributed by atoms with Crippen molar-refractivity contribution in [2.45, 2.75) is 44.7 Å². The molecule has 0 aromatic carbocycles. The number of aromatic nitrogens is 1. The Hall–Kier alpha value is -1.46. The van der Waals surface area contributed by atoms with Crippen molar-refractivity contribution in [2.24, 2.45) is 5.92 Å². The number of hydrogen-bond donors (Lipinski definition) is 1. The molecule has 1 N–H and O–H groups in total. The van der Waals surface area contributed by atoms with E-state index >= 15 is 0 Å². The lowest BCUT2D eigenvalue weighted by molar-refractivity contribution is -0.123. The fourth-order valence-corrected chi connectivity index (χ4v) is 3.46. The second-order valence-electron chi connectivity index (χ2n) is 6.70. The van der Waals surface area contributed by atoms with E-state index in [0.717, 1.165) is 64.2 Å². The van der Waals surface area contributed by atoms with Gasteiger partial charge < -0.3 is 10.1 Å². The van der Waals surface area contributed by atoms with Gasteiger partial charge in [0.2, 0.25) is 5.91 Å². The zero-order chi connectivity index (χ0) is 15.9. The number of likely N-dealkylation sites (tertiary alicyclic amines) is 1. The van der Waals surface area contributed by atoms with Gasteiger partial charge in [0.1, 0.15) is 0 Å². The van der Waals surface area contributed by atoms with Crippen molar-refractivity contribution in [1.82, 2.24) is 15.2 Å². The number of hydrogen-bond acceptors (Lipinski definition) is 4. The van der Waals surface area contributed by atoms with E-state index in [2.05, 4.69) is 21.3 Å². The predicted molar refractivity (Wildman–Crippen MR) is 88.8 cm³/mol. The molecule has 0 bridgehead atoms. The van der Waals surface area contributed by atoms with Gasteiger partial charge in [-0.2, -0.15) is 0 Å².